The second kappa shape index (κ2) is 7.84. The smallest absolute Gasteiger partial charge is 0.228 e. The molecule has 4 nitrogen and oxygen atoms in total. The van der Waals surface area contributed by atoms with Gasteiger partial charge in [0.05, 0.1) is 10.9 Å². The van der Waals surface area contributed by atoms with Crippen molar-refractivity contribution in [2.45, 2.75) is 51.2 Å². The Morgan fingerprint density at radius 3 is 2.73 bits per heavy atom. The van der Waals surface area contributed by atoms with Gasteiger partial charge in [-0.3, -0.25) is 14.7 Å². The molecule has 2 saturated heterocycles. The Labute approximate surface area is 178 Å². The molecule has 3 atom stereocenters. The molecule has 1 amide bonds. The number of aromatic nitrogens is 1. The van der Waals surface area contributed by atoms with Crippen LogP contribution in [-0.4, -0.2) is 34.4 Å². The van der Waals surface area contributed by atoms with Crippen molar-refractivity contribution in [3.63, 3.8) is 0 Å². The average molecular weight is 400 g/mol. The first kappa shape index (κ1) is 19.3. The summed E-state index contributed by atoms with van der Waals surface area (Å²) >= 11 is 0. The second-order valence-electron chi connectivity index (χ2n) is 8.79. The molecular weight excluding hydrogens is 370 g/mol. The number of carbonyl (C=O) groups is 1. The minimum atomic E-state index is -0.344. The Bertz CT molecular complexity index is 1050. The van der Waals surface area contributed by atoms with Crippen LogP contribution in [0.2, 0.25) is 0 Å². The quantitative estimate of drug-likeness (QED) is 0.671. The summed E-state index contributed by atoms with van der Waals surface area (Å²) in [5.41, 5.74) is 3.26. The van der Waals surface area contributed by atoms with E-state index >= 15 is 0 Å². The van der Waals surface area contributed by atoms with Crippen molar-refractivity contribution in [3.05, 3.63) is 78.0 Å². The van der Waals surface area contributed by atoms with Gasteiger partial charge < -0.3 is 5.32 Å². The molecule has 0 radical (unpaired) electrons. The second-order valence-corrected chi connectivity index (χ2v) is 8.79. The van der Waals surface area contributed by atoms with Crippen LogP contribution < -0.4 is 5.32 Å². The number of nitrogens with zero attached hydrogens (tertiary/aromatic N) is 2. The lowest BCUT2D eigenvalue weighted by atomic mass is 9.69. The molecule has 1 N–H and O–H groups in total. The highest BCUT2D eigenvalue weighted by molar-refractivity contribution is 5.85. The van der Waals surface area contributed by atoms with Gasteiger partial charge in [-0.05, 0) is 55.9 Å². The maximum absolute atomic E-state index is 13.4. The number of carbonyl (C=O) groups excluding carboxylic acids is 1. The van der Waals surface area contributed by atoms with Crippen LogP contribution in [0.15, 0.2) is 66.9 Å². The molecule has 1 aromatic heterocycles. The predicted molar refractivity (Wildman–Crippen MR) is 120 cm³/mol. The van der Waals surface area contributed by atoms with E-state index in [1.807, 2.05) is 25.3 Å². The molecule has 3 aromatic rings. The van der Waals surface area contributed by atoms with E-state index in [0.717, 1.165) is 31.3 Å². The lowest BCUT2D eigenvalue weighted by Crippen LogP contribution is -2.50. The van der Waals surface area contributed by atoms with Crippen LogP contribution in [0, 0.1) is 5.41 Å². The number of fused-ring (bicyclic) bond motifs is 3. The zero-order valence-corrected chi connectivity index (χ0v) is 17.6. The Balaban J connectivity index is 1.49. The van der Waals surface area contributed by atoms with Gasteiger partial charge in [0.15, 0.2) is 0 Å². The number of hydrogen-bond acceptors (Lipinski definition) is 3. The van der Waals surface area contributed by atoms with Crippen molar-refractivity contribution in [2.24, 2.45) is 5.41 Å². The van der Waals surface area contributed by atoms with Crippen LogP contribution in [-0.2, 0) is 17.8 Å². The standard InChI is InChI=1S/C26H29N3O/c1-2-27-25(30)26(16-19-8-4-3-5-9-19)17-21-12-13-24(26)29(21)18-20-14-15-28-23-11-7-6-10-22(20)23/h3-11,14-15,21,24H,2,12-13,16-18H2,1H3,(H,27,30)/t21-,24+,26+/m1/s1. The van der Waals surface area contributed by atoms with Gasteiger partial charge in [-0.25, -0.2) is 0 Å². The number of benzene rings is 2. The van der Waals surface area contributed by atoms with Gasteiger partial charge in [0.1, 0.15) is 0 Å². The third-order valence-electron chi connectivity index (χ3n) is 7.12. The fraction of sp³-hybridized carbons (Fsp3) is 0.385. The van der Waals surface area contributed by atoms with Gasteiger partial charge in [0.2, 0.25) is 5.91 Å². The number of rotatable bonds is 6. The molecule has 2 bridgehead atoms. The highest BCUT2D eigenvalue weighted by Gasteiger charge is 2.59. The average Bonchev–Trinajstić information content (AvgIpc) is 3.30. The fourth-order valence-corrected chi connectivity index (χ4v) is 5.85. The van der Waals surface area contributed by atoms with Gasteiger partial charge in [0.25, 0.3) is 0 Å². The predicted octanol–water partition coefficient (Wildman–Crippen LogP) is 4.34. The summed E-state index contributed by atoms with van der Waals surface area (Å²) in [7, 11) is 0. The van der Waals surface area contributed by atoms with Crippen molar-refractivity contribution >= 4 is 16.8 Å². The maximum Gasteiger partial charge on any atom is 0.228 e. The molecule has 5 rings (SSSR count). The van der Waals surface area contributed by atoms with E-state index in [1.165, 1.54) is 22.9 Å². The Hall–Kier alpha value is -2.72. The van der Waals surface area contributed by atoms with E-state index in [0.29, 0.717) is 12.6 Å². The first-order valence-corrected chi connectivity index (χ1v) is 11.1. The van der Waals surface area contributed by atoms with Crippen LogP contribution in [0.4, 0.5) is 0 Å². The molecule has 0 unspecified atom stereocenters. The highest BCUT2D eigenvalue weighted by Crippen LogP contribution is 2.52. The normalized spacial score (nSPS) is 25.6. The van der Waals surface area contributed by atoms with Crippen molar-refractivity contribution in [3.8, 4) is 0 Å². The first-order chi connectivity index (χ1) is 14.7. The van der Waals surface area contributed by atoms with E-state index in [-0.39, 0.29) is 17.4 Å². The van der Waals surface area contributed by atoms with Crippen LogP contribution in [0.5, 0.6) is 0 Å². The summed E-state index contributed by atoms with van der Waals surface area (Å²) in [5, 5.41) is 4.39. The number of amides is 1. The molecule has 2 fully saturated rings. The van der Waals surface area contributed by atoms with Gasteiger partial charge in [-0.2, -0.15) is 0 Å². The molecule has 2 aromatic carbocycles. The Morgan fingerprint density at radius 2 is 1.90 bits per heavy atom. The van der Waals surface area contributed by atoms with Gasteiger partial charge in [0, 0.05) is 36.8 Å². The van der Waals surface area contributed by atoms with Crippen LogP contribution in [0.25, 0.3) is 10.9 Å². The van der Waals surface area contributed by atoms with Crippen LogP contribution in [0.3, 0.4) is 0 Å². The van der Waals surface area contributed by atoms with Crippen LogP contribution in [0.1, 0.15) is 37.3 Å². The minimum absolute atomic E-state index is 0.227. The first-order valence-electron chi connectivity index (χ1n) is 11.1. The minimum Gasteiger partial charge on any atom is -0.356 e. The van der Waals surface area contributed by atoms with Crippen molar-refractivity contribution in [2.75, 3.05) is 6.54 Å². The zero-order valence-electron chi connectivity index (χ0n) is 17.6. The number of nitrogens with one attached hydrogen (secondary N) is 1. The summed E-state index contributed by atoms with van der Waals surface area (Å²) in [6.45, 7) is 3.58. The molecule has 4 heteroatoms. The third kappa shape index (κ3) is 3.20. The molecule has 2 aliphatic heterocycles. The molecule has 3 heterocycles. The monoisotopic (exact) mass is 399 g/mol. The number of hydrogen-bond donors (Lipinski definition) is 1. The topological polar surface area (TPSA) is 45.2 Å². The Morgan fingerprint density at radius 1 is 1.10 bits per heavy atom. The molecule has 154 valence electrons. The van der Waals surface area contributed by atoms with Gasteiger partial charge in [-0.1, -0.05) is 48.5 Å². The lowest BCUT2D eigenvalue weighted by Gasteiger charge is -2.36. The highest BCUT2D eigenvalue weighted by atomic mass is 16.2. The largest absolute Gasteiger partial charge is 0.356 e. The SMILES string of the molecule is CCNC(=O)[C@@]1(Cc2ccccc2)C[C@H]2CC[C@@H]1N2Cc1ccnc2ccccc12. The lowest BCUT2D eigenvalue weighted by molar-refractivity contribution is -0.132. The van der Waals surface area contributed by atoms with E-state index in [1.54, 1.807) is 0 Å². The van der Waals surface area contributed by atoms with Crippen molar-refractivity contribution in [1.29, 1.82) is 0 Å². The van der Waals surface area contributed by atoms with Crippen LogP contribution >= 0.6 is 0 Å². The molecule has 0 saturated carbocycles. The fourth-order valence-electron chi connectivity index (χ4n) is 5.85. The summed E-state index contributed by atoms with van der Waals surface area (Å²) in [6.07, 6.45) is 5.95. The molecule has 2 aliphatic rings. The summed E-state index contributed by atoms with van der Waals surface area (Å²) in [6, 6.07) is 21.8. The van der Waals surface area contributed by atoms with E-state index in [9.17, 15) is 4.79 Å². The van der Waals surface area contributed by atoms with E-state index in [4.69, 9.17) is 0 Å². The molecule has 0 aliphatic carbocycles. The van der Waals surface area contributed by atoms with Gasteiger partial charge in [-0.15, -0.1) is 0 Å². The maximum atomic E-state index is 13.4. The zero-order chi connectivity index (χ0) is 20.6. The molecular formula is C26H29N3O. The Kier molecular flexibility index (Phi) is 5.03. The molecule has 30 heavy (non-hydrogen) atoms. The summed E-state index contributed by atoms with van der Waals surface area (Å²) < 4.78 is 0. The van der Waals surface area contributed by atoms with Gasteiger partial charge >= 0.3 is 0 Å². The molecule has 0 spiro atoms. The summed E-state index contributed by atoms with van der Waals surface area (Å²) in [5.74, 6) is 0.227. The van der Waals surface area contributed by atoms with E-state index in [2.05, 4.69) is 63.7 Å². The number of para-hydroxylation sites is 1. The third-order valence-corrected chi connectivity index (χ3v) is 7.12. The van der Waals surface area contributed by atoms with Crippen molar-refractivity contribution < 1.29 is 4.79 Å². The summed E-state index contributed by atoms with van der Waals surface area (Å²) in [4.78, 5) is 20.6. The van der Waals surface area contributed by atoms with Crippen molar-refractivity contribution in [1.82, 2.24) is 15.2 Å². The van der Waals surface area contributed by atoms with E-state index < -0.39 is 0 Å². The number of pyridine rings is 1.